The third kappa shape index (κ3) is 5.08. The van der Waals surface area contributed by atoms with Crippen LogP contribution in [0.1, 0.15) is 19.3 Å². The van der Waals surface area contributed by atoms with E-state index in [1.54, 1.807) is 12.1 Å². The summed E-state index contributed by atoms with van der Waals surface area (Å²) in [6.07, 6.45) is 1.98. The largest absolute Gasteiger partial charge is 0.340 e. The van der Waals surface area contributed by atoms with E-state index in [0.29, 0.717) is 57.0 Å². The number of piperazine rings is 1. The van der Waals surface area contributed by atoms with Crippen molar-refractivity contribution in [3.63, 3.8) is 0 Å². The van der Waals surface area contributed by atoms with Gasteiger partial charge in [0.15, 0.2) is 9.84 Å². The van der Waals surface area contributed by atoms with E-state index in [4.69, 9.17) is 11.6 Å². The summed E-state index contributed by atoms with van der Waals surface area (Å²) < 4.78 is 50.9. The standard InChI is InChI=1S/C20H28ClN3O5S2/c21-17-3-5-19(6-4-17)31(28,29)24-8-1-2-16(14-24)20(25)23-11-9-22(10-12-23)18-7-13-30(26,27)15-18/h3-6,16,18H,1-2,7-15H2. The van der Waals surface area contributed by atoms with Crippen molar-refractivity contribution in [3.8, 4) is 0 Å². The third-order valence-electron chi connectivity index (χ3n) is 6.54. The summed E-state index contributed by atoms with van der Waals surface area (Å²) in [5.41, 5.74) is 0. The van der Waals surface area contributed by atoms with Crippen LogP contribution in [0.15, 0.2) is 29.2 Å². The van der Waals surface area contributed by atoms with E-state index in [1.807, 2.05) is 4.90 Å². The molecule has 8 nitrogen and oxygen atoms in total. The van der Waals surface area contributed by atoms with Gasteiger partial charge in [-0.3, -0.25) is 9.69 Å². The van der Waals surface area contributed by atoms with Crippen LogP contribution < -0.4 is 0 Å². The number of piperidine rings is 1. The third-order valence-corrected chi connectivity index (χ3v) is 10.4. The molecule has 11 heteroatoms. The Labute approximate surface area is 189 Å². The molecule has 3 saturated heterocycles. The summed E-state index contributed by atoms with van der Waals surface area (Å²) >= 11 is 5.87. The minimum Gasteiger partial charge on any atom is -0.340 e. The highest BCUT2D eigenvalue weighted by Gasteiger charge is 2.38. The molecule has 3 fully saturated rings. The zero-order valence-electron chi connectivity index (χ0n) is 17.3. The summed E-state index contributed by atoms with van der Waals surface area (Å²) in [6.45, 7) is 3.01. The van der Waals surface area contributed by atoms with E-state index < -0.39 is 19.9 Å². The molecule has 3 aliphatic rings. The molecule has 0 aliphatic carbocycles. The van der Waals surface area contributed by atoms with Crippen molar-refractivity contribution < 1.29 is 21.6 Å². The molecule has 0 saturated carbocycles. The summed E-state index contributed by atoms with van der Waals surface area (Å²) in [5, 5.41) is 0.472. The quantitative estimate of drug-likeness (QED) is 0.628. The van der Waals surface area contributed by atoms with Crippen LogP contribution in [-0.4, -0.2) is 93.7 Å². The number of nitrogens with zero attached hydrogens (tertiary/aromatic N) is 3. The molecule has 0 aromatic heterocycles. The second-order valence-corrected chi connectivity index (χ2v) is 13.2. The first-order valence-electron chi connectivity index (χ1n) is 10.6. The van der Waals surface area contributed by atoms with E-state index in [9.17, 15) is 21.6 Å². The molecule has 3 heterocycles. The van der Waals surface area contributed by atoms with Crippen LogP contribution >= 0.6 is 11.6 Å². The van der Waals surface area contributed by atoms with Gasteiger partial charge in [-0.1, -0.05) is 11.6 Å². The molecule has 2 unspecified atom stereocenters. The predicted molar refractivity (Wildman–Crippen MR) is 118 cm³/mol. The molecule has 1 aromatic carbocycles. The van der Waals surface area contributed by atoms with Gasteiger partial charge in [0.1, 0.15) is 0 Å². The number of amides is 1. The van der Waals surface area contributed by atoms with Crippen LogP contribution in [0.5, 0.6) is 0 Å². The van der Waals surface area contributed by atoms with Crippen molar-refractivity contribution in [1.29, 1.82) is 0 Å². The number of sulfonamides is 1. The SMILES string of the molecule is O=C(C1CCCN(S(=O)(=O)c2ccc(Cl)cc2)C1)N1CCN(C2CCS(=O)(=O)C2)CC1. The zero-order chi connectivity index (χ0) is 22.2. The van der Waals surface area contributed by atoms with Crippen molar-refractivity contribution >= 4 is 37.4 Å². The molecule has 4 rings (SSSR count). The van der Waals surface area contributed by atoms with Crippen molar-refractivity contribution in [2.75, 3.05) is 50.8 Å². The topological polar surface area (TPSA) is 95.1 Å². The molecule has 0 radical (unpaired) electrons. The fraction of sp³-hybridized carbons (Fsp3) is 0.650. The molecule has 172 valence electrons. The lowest BCUT2D eigenvalue weighted by molar-refractivity contribution is -0.138. The van der Waals surface area contributed by atoms with Crippen molar-refractivity contribution in [2.24, 2.45) is 5.92 Å². The van der Waals surface area contributed by atoms with E-state index in [1.165, 1.54) is 16.4 Å². The summed E-state index contributed by atoms with van der Waals surface area (Å²) in [7, 11) is -6.60. The molecule has 0 spiro atoms. The van der Waals surface area contributed by atoms with Crippen LogP contribution in [-0.2, 0) is 24.7 Å². The highest BCUT2D eigenvalue weighted by molar-refractivity contribution is 7.91. The predicted octanol–water partition coefficient (Wildman–Crippen LogP) is 1.07. The first kappa shape index (κ1) is 23.0. The molecule has 0 bridgehead atoms. The maximum Gasteiger partial charge on any atom is 0.243 e. The van der Waals surface area contributed by atoms with Crippen LogP contribution in [0.3, 0.4) is 0 Å². The van der Waals surface area contributed by atoms with Gasteiger partial charge in [-0.05, 0) is 43.5 Å². The molecular weight excluding hydrogens is 462 g/mol. The maximum absolute atomic E-state index is 13.1. The number of rotatable bonds is 4. The average molecular weight is 490 g/mol. The monoisotopic (exact) mass is 489 g/mol. The van der Waals surface area contributed by atoms with E-state index in [-0.39, 0.29) is 40.8 Å². The second-order valence-electron chi connectivity index (χ2n) is 8.57. The molecule has 1 aromatic rings. The lowest BCUT2D eigenvalue weighted by atomic mass is 9.97. The van der Waals surface area contributed by atoms with Gasteiger partial charge in [0.05, 0.1) is 22.3 Å². The second kappa shape index (κ2) is 8.97. The van der Waals surface area contributed by atoms with Gasteiger partial charge in [-0.25, -0.2) is 16.8 Å². The Morgan fingerprint density at radius 2 is 1.68 bits per heavy atom. The Kier molecular flexibility index (Phi) is 6.65. The lowest BCUT2D eigenvalue weighted by Gasteiger charge is -2.40. The van der Waals surface area contributed by atoms with Gasteiger partial charge in [0.25, 0.3) is 0 Å². The smallest absolute Gasteiger partial charge is 0.243 e. The number of hydrogen-bond donors (Lipinski definition) is 0. The van der Waals surface area contributed by atoms with Crippen LogP contribution in [0, 0.1) is 5.92 Å². The molecule has 2 atom stereocenters. The Hall–Kier alpha value is -1.20. The maximum atomic E-state index is 13.1. The van der Waals surface area contributed by atoms with Crippen molar-refractivity contribution in [2.45, 2.75) is 30.2 Å². The fourth-order valence-corrected chi connectivity index (χ4v) is 8.16. The Balaban J connectivity index is 1.35. The van der Waals surface area contributed by atoms with Crippen LogP contribution in [0.4, 0.5) is 0 Å². The first-order chi connectivity index (χ1) is 14.7. The number of carbonyl (C=O) groups is 1. The first-order valence-corrected chi connectivity index (χ1v) is 14.3. The van der Waals surface area contributed by atoms with E-state index >= 15 is 0 Å². The van der Waals surface area contributed by atoms with Crippen molar-refractivity contribution in [3.05, 3.63) is 29.3 Å². The van der Waals surface area contributed by atoms with Gasteiger partial charge in [0.2, 0.25) is 15.9 Å². The Morgan fingerprint density at radius 1 is 1.00 bits per heavy atom. The van der Waals surface area contributed by atoms with Crippen LogP contribution in [0.2, 0.25) is 5.02 Å². The lowest BCUT2D eigenvalue weighted by Crippen LogP contribution is -2.55. The Morgan fingerprint density at radius 3 is 2.29 bits per heavy atom. The number of benzene rings is 1. The zero-order valence-corrected chi connectivity index (χ0v) is 19.7. The van der Waals surface area contributed by atoms with Gasteiger partial charge in [-0.15, -0.1) is 0 Å². The molecule has 0 N–H and O–H groups in total. The minimum absolute atomic E-state index is 0.00491. The number of sulfone groups is 1. The van der Waals surface area contributed by atoms with Gasteiger partial charge >= 0.3 is 0 Å². The summed E-state index contributed by atoms with van der Waals surface area (Å²) in [4.78, 5) is 17.3. The van der Waals surface area contributed by atoms with Gasteiger partial charge < -0.3 is 4.90 Å². The fourth-order valence-electron chi connectivity index (χ4n) is 4.75. The average Bonchev–Trinajstić information content (AvgIpc) is 3.13. The molecule has 1 amide bonds. The highest BCUT2D eigenvalue weighted by Crippen LogP contribution is 2.27. The molecule has 3 aliphatic heterocycles. The Bertz CT molecular complexity index is 1020. The van der Waals surface area contributed by atoms with Crippen molar-refractivity contribution in [1.82, 2.24) is 14.1 Å². The number of halogens is 1. The molecule has 31 heavy (non-hydrogen) atoms. The van der Waals surface area contributed by atoms with Gasteiger partial charge in [-0.2, -0.15) is 4.31 Å². The minimum atomic E-state index is -3.67. The summed E-state index contributed by atoms with van der Waals surface area (Å²) in [6, 6.07) is 6.14. The van der Waals surface area contributed by atoms with Crippen LogP contribution in [0.25, 0.3) is 0 Å². The molecular formula is C20H28ClN3O5S2. The van der Waals surface area contributed by atoms with E-state index in [2.05, 4.69) is 4.90 Å². The highest BCUT2D eigenvalue weighted by atomic mass is 35.5. The number of hydrogen-bond acceptors (Lipinski definition) is 6. The van der Waals surface area contributed by atoms with Gasteiger partial charge in [0, 0.05) is 50.3 Å². The van der Waals surface area contributed by atoms with E-state index in [0.717, 1.165) is 0 Å². The summed E-state index contributed by atoms with van der Waals surface area (Å²) in [5.74, 6) is 0.0988. The number of carbonyl (C=O) groups excluding carboxylic acids is 1. The normalized spacial score (nSPS) is 28.0.